The molecule has 4 nitrogen and oxygen atoms in total. The normalized spacial score (nSPS) is 15.6. The summed E-state index contributed by atoms with van der Waals surface area (Å²) in [5, 5.41) is 7.36. The van der Waals surface area contributed by atoms with Gasteiger partial charge in [0.2, 0.25) is 0 Å². The van der Waals surface area contributed by atoms with Gasteiger partial charge in [0, 0.05) is 13.1 Å². The van der Waals surface area contributed by atoms with E-state index in [0.717, 1.165) is 6.54 Å². The molecule has 6 heteroatoms. The fourth-order valence-corrected chi connectivity index (χ4v) is 2.82. The van der Waals surface area contributed by atoms with Gasteiger partial charge in [0.25, 0.3) is 0 Å². The summed E-state index contributed by atoms with van der Waals surface area (Å²) in [6.45, 7) is 4.12. The summed E-state index contributed by atoms with van der Waals surface area (Å²) in [4.78, 5) is 4.39. The van der Waals surface area contributed by atoms with E-state index >= 15 is 0 Å². The largest absolute Gasteiger partial charge is 0.376 e. The van der Waals surface area contributed by atoms with Crippen LogP contribution in [-0.4, -0.2) is 30.8 Å². The van der Waals surface area contributed by atoms with Gasteiger partial charge in [-0.2, -0.15) is 0 Å². The van der Waals surface area contributed by atoms with Gasteiger partial charge in [0.15, 0.2) is 0 Å². The molecular weight excluding hydrogens is 297 g/mol. The molecular formula is C14H21Cl2N3O. The van der Waals surface area contributed by atoms with Gasteiger partial charge in [-0.1, -0.05) is 36.0 Å². The first-order chi connectivity index (χ1) is 9.70. The van der Waals surface area contributed by atoms with Crippen LogP contribution in [0, 0.1) is 0 Å². The van der Waals surface area contributed by atoms with Crippen LogP contribution in [0.25, 0.3) is 0 Å². The number of hydrogen-bond donors (Lipinski definition) is 2. The van der Waals surface area contributed by atoms with Crippen LogP contribution in [0.15, 0.2) is 6.07 Å². The maximum atomic E-state index is 6.13. The van der Waals surface area contributed by atoms with E-state index in [0.29, 0.717) is 40.9 Å². The van der Waals surface area contributed by atoms with E-state index in [1.807, 2.05) is 6.92 Å². The fraction of sp³-hybridized carbons (Fsp3) is 0.643. The SMILES string of the molecule is CCNc1nc(NCCOC2CCCC2)c(Cl)cc1Cl. The molecule has 1 heterocycles. The van der Waals surface area contributed by atoms with Crippen LogP contribution in [-0.2, 0) is 4.74 Å². The van der Waals surface area contributed by atoms with Gasteiger partial charge in [-0.15, -0.1) is 0 Å². The Morgan fingerprint density at radius 1 is 1.20 bits per heavy atom. The van der Waals surface area contributed by atoms with Crippen molar-refractivity contribution < 1.29 is 4.74 Å². The summed E-state index contributed by atoms with van der Waals surface area (Å²) in [6, 6.07) is 1.70. The molecule has 0 bridgehead atoms. The van der Waals surface area contributed by atoms with Crippen molar-refractivity contribution in [1.82, 2.24) is 4.98 Å². The maximum Gasteiger partial charge on any atom is 0.147 e. The highest BCUT2D eigenvalue weighted by molar-refractivity contribution is 6.37. The molecule has 1 aromatic rings. The molecule has 0 spiro atoms. The summed E-state index contributed by atoms with van der Waals surface area (Å²) in [5.41, 5.74) is 0. The molecule has 0 amide bonds. The lowest BCUT2D eigenvalue weighted by Crippen LogP contribution is -2.16. The zero-order valence-electron chi connectivity index (χ0n) is 11.7. The van der Waals surface area contributed by atoms with Gasteiger partial charge in [-0.25, -0.2) is 4.98 Å². The number of rotatable bonds is 7. The third-order valence-corrected chi connectivity index (χ3v) is 3.90. The van der Waals surface area contributed by atoms with Crippen molar-refractivity contribution in [2.24, 2.45) is 0 Å². The molecule has 1 aliphatic carbocycles. The first-order valence-corrected chi connectivity index (χ1v) is 7.91. The van der Waals surface area contributed by atoms with Gasteiger partial charge in [0.1, 0.15) is 11.6 Å². The predicted octanol–water partition coefficient (Wildman–Crippen LogP) is 4.19. The lowest BCUT2D eigenvalue weighted by Gasteiger charge is -2.14. The molecule has 20 heavy (non-hydrogen) atoms. The minimum atomic E-state index is 0.433. The van der Waals surface area contributed by atoms with E-state index in [1.165, 1.54) is 25.7 Å². The van der Waals surface area contributed by atoms with Crippen LogP contribution in [0.5, 0.6) is 0 Å². The lowest BCUT2D eigenvalue weighted by molar-refractivity contribution is 0.0659. The molecule has 1 aromatic heterocycles. The quantitative estimate of drug-likeness (QED) is 0.740. The number of aromatic nitrogens is 1. The number of pyridine rings is 1. The van der Waals surface area contributed by atoms with Crippen LogP contribution < -0.4 is 10.6 Å². The van der Waals surface area contributed by atoms with Crippen LogP contribution >= 0.6 is 23.2 Å². The summed E-state index contributed by atoms with van der Waals surface area (Å²) < 4.78 is 5.79. The molecule has 0 aliphatic heterocycles. The molecule has 0 saturated heterocycles. The first-order valence-electron chi connectivity index (χ1n) is 7.16. The molecule has 1 fully saturated rings. The van der Waals surface area contributed by atoms with Gasteiger partial charge in [-0.05, 0) is 25.8 Å². The van der Waals surface area contributed by atoms with Crippen molar-refractivity contribution in [1.29, 1.82) is 0 Å². The highest BCUT2D eigenvalue weighted by Crippen LogP contribution is 2.29. The zero-order valence-corrected chi connectivity index (χ0v) is 13.2. The molecule has 1 saturated carbocycles. The average Bonchev–Trinajstić information content (AvgIpc) is 2.92. The molecule has 0 unspecified atom stereocenters. The first kappa shape index (κ1) is 15.7. The minimum absolute atomic E-state index is 0.433. The van der Waals surface area contributed by atoms with Crippen molar-refractivity contribution in [3.63, 3.8) is 0 Å². The minimum Gasteiger partial charge on any atom is -0.376 e. The summed E-state index contributed by atoms with van der Waals surface area (Å²) in [7, 11) is 0. The van der Waals surface area contributed by atoms with Gasteiger partial charge in [-0.3, -0.25) is 0 Å². The molecule has 1 aliphatic rings. The Labute approximate surface area is 130 Å². The van der Waals surface area contributed by atoms with Crippen LogP contribution in [0.2, 0.25) is 10.0 Å². The van der Waals surface area contributed by atoms with Crippen LogP contribution in [0.3, 0.4) is 0 Å². The number of ether oxygens (including phenoxy) is 1. The van der Waals surface area contributed by atoms with E-state index in [2.05, 4.69) is 15.6 Å². The van der Waals surface area contributed by atoms with Crippen molar-refractivity contribution in [3.05, 3.63) is 16.1 Å². The summed E-state index contributed by atoms with van der Waals surface area (Å²) in [6.07, 6.45) is 5.38. The van der Waals surface area contributed by atoms with E-state index in [9.17, 15) is 0 Å². The Morgan fingerprint density at radius 3 is 2.50 bits per heavy atom. The zero-order chi connectivity index (χ0) is 14.4. The molecule has 0 aromatic carbocycles. The van der Waals surface area contributed by atoms with Crippen molar-refractivity contribution in [2.45, 2.75) is 38.7 Å². The van der Waals surface area contributed by atoms with Crippen LogP contribution in [0.1, 0.15) is 32.6 Å². The molecule has 0 radical (unpaired) electrons. The van der Waals surface area contributed by atoms with E-state index in [-0.39, 0.29) is 0 Å². The third kappa shape index (κ3) is 4.40. The second kappa shape index (κ2) is 7.91. The fourth-order valence-electron chi connectivity index (χ4n) is 2.33. The number of halogens is 2. The van der Waals surface area contributed by atoms with Gasteiger partial charge in [0.05, 0.1) is 22.8 Å². The topological polar surface area (TPSA) is 46.2 Å². The third-order valence-electron chi connectivity index (χ3n) is 3.32. The number of nitrogens with one attached hydrogen (secondary N) is 2. The summed E-state index contributed by atoms with van der Waals surface area (Å²) >= 11 is 12.2. The Bertz CT molecular complexity index is 437. The Balaban J connectivity index is 1.83. The van der Waals surface area contributed by atoms with Gasteiger partial charge < -0.3 is 15.4 Å². The Kier molecular flexibility index (Phi) is 6.20. The van der Waals surface area contributed by atoms with Crippen molar-refractivity contribution >= 4 is 34.8 Å². The smallest absolute Gasteiger partial charge is 0.147 e. The van der Waals surface area contributed by atoms with E-state index in [4.69, 9.17) is 27.9 Å². The second-order valence-corrected chi connectivity index (χ2v) is 5.70. The highest BCUT2D eigenvalue weighted by atomic mass is 35.5. The maximum absolute atomic E-state index is 6.13. The van der Waals surface area contributed by atoms with Crippen molar-refractivity contribution in [2.75, 3.05) is 30.3 Å². The standard InChI is InChI=1S/C14H21Cl2N3O/c1-2-17-13-11(15)9-12(16)14(19-13)18-7-8-20-10-5-3-4-6-10/h9-10H,2-8H2,1H3,(H2,17,18,19). The van der Waals surface area contributed by atoms with E-state index in [1.54, 1.807) is 6.07 Å². The number of nitrogens with zero attached hydrogens (tertiary/aromatic N) is 1. The lowest BCUT2D eigenvalue weighted by atomic mass is 10.3. The number of hydrogen-bond acceptors (Lipinski definition) is 4. The number of anilines is 2. The molecule has 2 N–H and O–H groups in total. The molecule has 112 valence electrons. The highest BCUT2D eigenvalue weighted by Gasteiger charge is 2.15. The average molecular weight is 318 g/mol. The Morgan fingerprint density at radius 2 is 1.85 bits per heavy atom. The van der Waals surface area contributed by atoms with Gasteiger partial charge >= 0.3 is 0 Å². The van der Waals surface area contributed by atoms with Crippen molar-refractivity contribution in [3.8, 4) is 0 Å². The predicted molar refractivity (Wildman–Crippen MR) is 85.1 cm³/mol. The molecule has 0 atom stereocenters. The van der Waals surface area contributed by atoms with E-state index < -0.39 is 0 Å². The Hall–Kier alpha value is -0.710. The van der Waals surface area contributed by atoms with Crippen LogP contribution in [0.4, 0.5) is 11.6 Å². The summed E-state index contributed by atoms with van der Waals surface area (Å²) in [5.74, 6) is 1.29. The second-order valence-electron chi connectivity index (χ2n) is 4.88. The monoisotopic (exact) mass is 317 g/mol. The molecule has 2 rings (SSSR count).